The fourth-order valence-corrected chi connectivity index (χ4v) is 3.60. The molecule has 1 aliphatic heterocycles. The van der Waals surface area contributed by atoms with E-state index in [1.165, 1.54) is 17.7 Å². The molecule has 4 rings (SSSR count). The van der Waals surface area contributed by atoms with Crippen molar-refractivity contribution < 1.29 is 23.9 Å². The predicted molar refractivity (Wildman–Crippen MR) is 101 cm³/mol. The Morgan fingerprint density at radius 2 is 1.89 bits per heavy atom. The molecule has 142 valence electrons. The summed E-state index contributed by atoms with van der Waals surface area (Å²) in [6.07, 6.45) is 3.78. The number of benzene rings is 2. The highest BCUT2D eigenvalue weighted by Gasteiger charge is 2.24. The van der Waals surface area contributed by atoms with Gasteiger partial charge in [-0.05, 0) is 49.2 Å². The zero-order chi connectivity index (χ0) is 18.5. The summed E-state index contributed by atoms with van der Waals surface area (Å²) in [7, 11) is 0. The highest BCUT2D eigenvalue weighted by atomic mass is 16.6. The molecule has 0 spiro atoms. The van der Waals surface area contributed by atoms with Gasteiger partial charge in [-0.15, -0.1) is 0 Å². The third kappa shape index (κ3) is 4.40. The lowest BCUT2D eigenvalue weighted by molar-refractivity contribution is -0.931. The van der Waals surface area contributed by atoms with Crippen LogP contribution in [-0.2, 0) is 0 Å². The smallest absolute Gasteiger partial charge is 0.400 e. The molecule has 2 heterocycles. The minimum Gasteiger partial charge on any atom is -0.488 e. The Morgan fingerprint density at radius 1 is 1.07 bits per heavy atom. The molecule has 2 atom stereocenters. The van der Waals surface area contributed by atoms with E-state index < -0.39 is 0 Å². The molecule has 27 heavy (non-hydrogen) atoms. The first-order valence-electron chi connectivity index (χ1n) is 9.53. The topological polar surface area (TPSA) is 69.2 Å². The van der Waals surface area contributed by atoms with E-state index >= 15 is 0 Å². The molecule has 0 bridgehead atoms. The van der Waals surface area contributed by atoms with Gasteiger partial charge >= 0.3 is 6.08 Å². The second-order valence-corrected chi connectivity index (χ2v) is 6.90. The second-order valence-electron chi connectivity index (χ2n) is 6.90. The van der Waals surface area contributed by atoms with Crippen LogP contribution in [0.3, 0.4) is 0 Å². The van der Waals surface area contributed by atoms with Gasteiger partial charge in [0.1, 0.15) is 36.2 Å². The summed E-state index contributed by atoms with van der Waals surface area (Å²) in [4.78, 5) is 5.75. The quantitative estimate of drug-likeness (QED) is 0.669. The molecule has 2 unspecified atom stereocenters. The van der Waals surface area contributed by atoms with Crippen molar-refractivity contribution in [1.82, 2.24) is 4.98 Å². The normalized spacial score (nSPS) is 19.9. The van der Waals surface area contributed by atoms with Gasteiger partial charge in [0.05, 0.1) is 13.2 Å². The Hall–Kier alpha value is -2.57. The number of para-hydroxylation sites is 2. The van der Waals surface area contributed by atoms with Crippen molar-refractivity contribution in [2.75, 3.05) is 26.3 Å². The summed E-state index contributed by atoms with van der Waals surface area (Å²) in [5.74, 6) is 1.45. The number of ether oxygens (including phenoxy) is 2. The maximum Gasteiger partial charge on any atom is 0.400 e. The van der Waals surface area contributed by atoms with Gasteiger partial charge in [0.25, 0.3) is 0 Å². The standard InChI is InChI=1S/C21H24N2O4/c24-15-16-5-3-4-12-23(16)13-14-25-17-8-10-18(11-9-17)26-21-22-19-6-1-2-7-20(19)27-21/h1-2,6-11,16,24H,3-5,12-15H2/p+1. The van der Waals surface area contributed by atoms with Crippen LogP contribution >= 0.6 is 0 Å². The highest BCUT2D eigenvalue weighted by Crippen LogP contribution is 2.26. The van der Waals surface area contributed by atoms with E-state index in [4.69, 9.17) is 13.9 Å². The van der Waals surface area contributed by atoms with Gasteiger partial charge in [-0.25, -0.2) is 0 Å². The zero-order valence-electron chi connectivity index (χ0n) is 15.3. The predicted octanol–water partition coefficient (Wildman–Crippen LogP) is 2.43. The number of aliphatic hydroxyl groups excluding tert-OH is 1. The van der Waals surface area contributed by atoms with E-state index in [1.54, 1.807) is 0 Å². The molecule has 1 saturated heterocycles. The maximum absolute atomic E-state index is 9.49. The third-order valence-electron chi connectivity index (χ3n) is 5.09. The van der Waals surface area contributed by atoms with Crippen molar-refractivity contribution in [3.63, 3.8) is 0 Å². The first kappa shape index (κ1) is 17.8. The number of nitrogens with one attached hydrogen (secondary N) is 1. The van der Waals surface area contributed by atoms with Gasteiger partial charge < -0.3 is 23.9 Å². The first-order chi connectivity index (χ1) is 13.3. The van der Waals surface area contributed by atoms with Crippen LogP contribution in [0.2, 0.25) is 0 Å². The number of aromatic nitrogens is 1. The van der Waals surface area contributed by atoms with Crippen LogP contribution in [-0.4, -0.2) is 42.4 Å². The fourth-order valence-electron chi connectivity index (χ4n) is 3.60. The summed E-state index contributed by atoms with van der Waals surface area (Å²) in [5, 5.41) is 9.49. The number of rotatable bonds is 7. The van der Waals surface area contributed by atoms with Crippen molar-refractivity contribution in [2.45, 2.75) is 25.3 Å². The van der Waals surface area contributed by atoms with Crippen LogP contribution in [0.1, 0.15) is 19.3 Å². The third-order valence-corrected chi connectivity index (χ3v) is 5.09. The first-order valence-corrected chi connectivity index (χ1v) is 9.53. The van der Waals surface area contributed by atoms with E-state index in [0.29, 0.717) is 24.0 Å². The lowest BCUT2D eigenvalue weighted by Gasteiger charge is -2.31. The summed E-state index contributed by atoms with van der Waals surface area (Å²) in [6.45, 7) is 2.92. The van der Waals surface area contributed by atoms with Crippen molar-refractivity contribution in [3.05, 3.63) is 48.5 Å². The Morgan fingerprint density at radius 3 is 2.70 bits per heavy atom. The van der Waals surface area contributed by atoms with Gasteiger partial charge in [-0.3, -0.25) is 0 Å². The molecule has 1 fully saturated rings. The fraction of sp³-hybridized carbons (Fsp3) is 0.381. The number of quaternary nitrogens is 1. The number of fused-ring (bicyclic) bond motifs is 1. The molecule has 1 aromatic heterocycles. The molecular weight excluding hydrogens is 344 g/mol. The number of aliphatic hydroxyl groups is 1. The van der Waals surface area contributed by atoms with Crippen LogP contribution in [0.4, 0.5) is 0 Å². The minimum atomic E-state index is 0.230. The molecule has 0 saturated carbocycles. The SMILES string of the molecule is OCC1CCCC[NH+]1CCOc1ccc(Oc2nc3ccccc3o2)cc1. The molecule has 6 nitrogen and oxygen atoms in total. The lowest BCUT2D eigenvalue weighted by Crippen LogP contribution is -3.17. The summed E-state index contributed by atoms with van der Waals surface area (Å²) < 4.78 is 17.1. The van der Waals surface area contributed by atoms with Gasteiger partial charge in [0, 0.05) is 6.42 Å². The summed E-state index contributed by atoms with van der Waals surface area (Å²) in [6, 6.07) is 15.4. The summed E-state index contributed by atoms with van der Waals surface area (Å²) in [5.41, 5.74) is 1.47. The highest BCUT2D eigenvalue weighted by molar-refractivity contribution is 5.72. The Balaban J connectivity index is 1.29. The van der Waals surface area contributed by atoms with Crippen LogP contribution in [0.5, 0.6) is 17.6 Å². The van der Waals surface area contributed by atoms with Gasteiger partial charge in [-0.2, -0.15) is 4.98 Å². The Bertz CT molecular complexity index is 829. The number of nitrogens with zero attached hydrogens (tertiary/aromatic N) is 1. The van der Waals surface area contributed by atoms with E-state index in [2.05, 4.69) is 4.98 Å². The molecular formula is C21H25N2O4+. The van der Waals surface area contributed by atoms with Gasteiger partial charge in [0.15, 0.2) is 5.58 Å². The van der Waals surface area contributed by atoms with Crippen molar-refractivity contribution >= 4 is 11.1 Å². The molecule has 2 N–H and O–H groups in total. The largest absolute Gasteiger partial charge is 0.488 e. The monoisotopic (exact) mass is 369 g/mol. The molecule has 0 amide bonds. The number of piperidine rings is 1. The molecule has 3 aromatic rings. The minimum absolute atomic E-state index is 0.230. The second kappa shape index (κ2) is 8.41. The molecule has 6 heteroatoms. The zero-order valence-corrected chi connectivity index (χ0v) is 15.3. The summed E-state index contributed by atoms with van der Waals surface area (Å²) >= 11 is 0. The van der Waals surface area contributed by atoms with Crippen molar-refractivity contribution in [1.29, 1.82) is 0 Å². The molecule has 0 aliphatic carbocycles. The number of hydrogen-bond donors (Lipinski definition) is 2. The van der Waals surface area contributed by atoms with Crippen LogP contribution in [0.25, 0.3) is 11.1 Å². The maximum atomic E-state index is 9.49. The van der Waals surface area contributed by atoms with Crippen LogP contribution < -0.4 is 14.4 Å². The Labute approximate surface area is 158 Å². The average Bonchev–Trinajstić information content (AvgIpc) is 3.12. The van der Waals surface area contributed by atoms with Crippen molar-refractivity contribution in [3.8, 4) is 17.6 Å². The van der Waals surface area contributed by atoms with E-state index in [-0.39, 0.29) is 12.7 Å². The van der Waals surface area contributed by atoms with E-state index in [0.717, 1.165) is 30.8 Å². The number of oxazole rings is 1. The Kier molecular flexibility index (Phi) is 5.55. The van der Waals surface area contributed by atoms with Gasteiger partial charge in [0.2, 0.25) is 0 Å². The van der Waals surface area contributed by atoms with Crippen LogP contribution in [0, 0.1) is 0 Å². The van der Waals surface area contributed by atoms with Crippen molar-refractivity contribution in [2.24, 2.45) is 0 Å². The molecule has 0 radical (unpaired) electrons. The number of hydrogen-bond acceptors (Lipinski definition) is 5. The van der Waals surface area contributed by atoms with Gasteiger partial charge in [-0.1, -0.05) is 12.1 Å². The molecule has 2 aromatic carbocycles. The van der Waals surface area contributed by atoms with E-state index in [9.17, 15) is 5.11 Å². The lowest BCUT2D eigenvalue weighted by atomic mass is 10.0. The number of likely N-dealkylation sites (tertiary alicyclic amines) is 1. The van der Waals surface area contributed by atoms with Crippen LogP contribution in [0.15, 0.2) is 52.9 Å². The average molecular weight is 369 g/mol. The molecule has 1 aliphatic rings. The van der Waals surface area contributed by atoms with E-state index in [1.807, 2.05) is 48.5 Å².